The number of rotatable bonds is 5. The SMILES string of the molecule is CCNC(C)C1CCCCN1C(C)c1ccccc1. The van der Waals surface area contributed by atoms with Gasteiger partial charge in [0, 0.05) is 18.1 Å². The number of nitrogens with one attached hydrogen (secondary N) is 1. The Hall–Kier alpha value is -0.860. The lowest BCUT2D eigenvalue weighted by Gasteiger charge is -2.43. The van der Waals surface area contributed by atoms with Crippen LogP contribution in [0.15, 0.2) is 30.3 Å². The summed E-state index contributed by atoms with van der Waals surface area (Å²) in [4.78, 5) is 2.70. The first-order valence-corrected chi connectivity index (χ1v) is 7.78. The Morgan fingerprint density at radius 2 is 1.95 bits per heavy atom. The molecule has 106 valence electrons. The first-order chi connectivity index (χ1) is 9.24. The van der Waals surface area contributed by atoms with Gasteiger partial charge >= 0.3 is 0 Å². The van der Waals surface area contributed by atoms with Gasteiger partial charge in [-0.05, 0) is 45.3 Å². The van der Waals surface area contributed by atoms with E-state index in [-0.39, 0.29) is 0 Å². The molecule has 0 aliphatic carbocycles. The Balaban J connectivity index is 2.10. The fourth-order valence-electron chi connectivity index (χ4n) is 3.38. The van der Waals surface area contributed by atoms with E-state index in [4.69, 9.17) is 0 Å². The molecule has 1 N–H and O–H groups in total. The normalized spacial score (nSPS) is 24.1. The molecule has 1 saturated heterocycles. The fourth-order valence-corrected chi connectivity index (χ4v) is 3.38. The van der Waals surface area contributed by atoms with Gasteiger partial charge in [0.2, 0.25) is 0 Å². The molecule has 3 atom stereocenters. The van der Waals surface area contributed by atoms with Gasteiger partial charge in [-0.1, -0.05) is 43.7 Å². The van der Waals surface area contributed by atoms with Gasteiger partial charge < -0.3 is 5.32 Å². The van der Waals surface area contributed by atoms with Gasteiger partial charge in [0.1, 0.15) is 0 Å². The largest absolute Gasteiger partial charge is 0.313 e. The molecule has 2 nitrogen and oxygen atoms in total. The Morgan fingerprint density at radius 1 is 1.21 bits per heavy atom. The highest BCUT2D eigenvalue weighted by Gasteiger charge is 2.30. The highest BCUT2D eigenvalue weighted by molar-refractivity contribution is 5.18. The molecule has 0 saturated carbocycles. The van der Waals surface area contributed by atoms with Crippen molar-refractivity contribution < 1.29 is 0 Å². The maximum Gasteiger partial charge on any atom is 0.0323 e. The van der Waals surface area contributed by atoms with Crippen molar-refractivity contribution in [2.45, 2.75) is 58.2 Å². The number of likely N-dealkylation sites (tertiary alicyclic amines) is 1. The van der Waals surface area contributed by atoms with Crippen molar-refractivity contribution in [1.29, 1.82) is 0 Å². The van der Waals surface area contributed by atoms with E-state index in [0.29, 0.717) is 18.1 Å². The molecule has 0 radical (unpaired) electrons. The second-order valence-corrected chi connectivity index (χ2v) is 5.73. The molecule has 2 heteroatoms. The van der Waals surface area contributed by atoms with Crippen molar-refractivity contribution in [2.75, 3.05) is 13.1 Å². The summed E-state index contributed by atoms with van der Waals surface area (Å²) in [5.41, 5.74) is 1.44. The Morgan fingerprint density at radius 3 is 2.63 bits per heavy atom. The van der Waals surface area contributed by atoms with Crippen LogP contribution in [0.1, 0.15) is 51.6 Å². The average Bonchev–Trinajstić information content (AvgIpc) is 2.47. The van der Waals surface area contributed by atoms with E-state index >= 15 is 0 Å². The topological polar surface area (TPSA) is 15.3 Å². The maximum atomic E-state index is 3.61. The molecule has 2 rings (SSSR count). The summed E-state index contributed by atoms with van der Waals surface area (Å²) in [6, 6.07) is 12.7. The lowest BCUT2D eigenvalue weighted by molar-refractivity contribution is 0.0803. The first kappa shape index (κ1) is 14.5. The molecule has 19 heavy (non-hydrogen) atoms. The molecule has 1 aliphatic rings. The Labute approximate surface area is 118 Å². The van der Waals surface area contributed by atoms with Crippen LogP contribution in [-0.2, 0) is 0 Å². The molecule has 1 aliphatic heterocycles. The van der Waals surface area contributed by atoms with E-state index in [1.807, 2.05) is 0 Å². The third-order valence-corrected chi connectivity index (χ3v) is 4.47. The van der Waals surface area contributed by atoms with E-state index in [0.717, 1.165) is 6.54 Å². The van der Waals surface area contributed by atoms with Crippen LogP contribution in [0.2, 0.25) is 0 Å². The second kappa shape index (κ2) is 7.06. The molecule has 1 aromatic carbocycles. The van der Waals surface area contributed by atoms with Crippen LogP contribution in [-0.4, -0.2) is 30.1 Å². The van der Waals surface area contributed by atoms with Gasteiger partial charge in [0.25, 0.3) is 0 Å². The molecule has 0 spiro atoms. The predicted molar refractivity (Wildman–Crippen MR) is 82.3 cm³/mol. The quantitative estimate of drug-likeness (QED) is 0.870. The van der Waals surface area contributed by atoms with E-state index in [1.54, 1.807) is 0 Å². The van der Waals surface area contributed by atoms with Crippen molar-refractivity contribution in [3.63, 3.8) is 0 Å². The van der Waals surface area contributed by atoms with Crippen LogP contribution < -0.4 is 5.32 Å². The molecule has 0 bridgehead atoms. The van der Waals surface area contributed by atoms with Crippen LogP contribution in [0, 0.1) is 0 Å². The molecular formula is C17H28N2. The van der Waals surface area contributed by atoms with Crippen LogP contribution in [0.25, 0.3) is 0 Å². The molecule has 3 unspecified atom stereocenters. The van der Waals surface area contributed by atoms with E-state index in [2.05, 4.69) is 61.3 Å². The number of likely N-dealkylation sites (N-methyl/N-ethyl adjacent to an activating group) is 1. The Bertz CT molecular complexity index is 363. The maximum absolute atomic E-state index is 3.61. The molecule has 0 amide bonds. The molecule has 1 heterocycles. The van der Waals surface area contributed by atoms with Crippen molar-refractivity contribution >= 4 is 0 Å². The highest BCUT2D eigenvalue weighted by atomic mass is 15.2. The fraction of sp³-hybridized carbons (Fsp3) is 0.647. The summed E-state index contributed by atoms with van der Waals surface area (Å²) in [5, 5.41) is 3.61. The number of nitrogens with zero attached hydrogens (tertiary/aromatic N) is 1. The summed E-state index contributed by atoms with van der Waals surface area (Å²) in [5.74, 6) is 0. The van der Waals surface area contributed by atoms with Crippen molar-refractivity contribution in [3.8, 4) is 0 Å². The van der Waals surface area contributed by atoms with Gasteiger partial charge in [-0.15, -0.1) is 0 Å². The van der Waals surface area contributed by atoms with E-state index < -0.39 is 0 Å². The van der Waals surface area contributed by atoms with Gasteiger partial charge in [-0.3, -0.25) is 4.90 Å². The third kappa shape index (κ3) is 3.58. The van der Waals surface area contributed by atoms with Crippen LogP contribution in [0.5, 0.6) is 0 Å². The number of hydrogen-bond acceptors (Lipinski definition) is 2. The number of benzene rings is 1. The standard InChI is InChI=1S/C17H28N2/c1-4-18-14(2)17-12-8-9-13-19(17)15(3)16-10-6-5-7-11-16/h5-7,10-11,14-15,17-18H,4,8-9,12-13H2,1-3H3. The van der Waals surface area contributed by atoms with Crippen LogP contribution in [0.3, 0.4) is 0 Å². The minimum absolute atomic E-state index is 0.521. The molecule has 0 aromatic heterocycles. The highest BCUT2D eigenvalue weighted by Crippen LogP contribution is 2.29. The van der Waals surface area contributed by atoms with Crippen LogP contribution in [0.4, 0.5) is 0 Å². The molecule has 1 aromatic rings. The smallest absolute Gasteiger partial charge is 0.0323 e. The molecular weight excluding hydrogens is 232 g/mol. The summed E-state index contributed by atoms with van der Waals surface area (Å²) in [7, 11) is 0. The lowest BCUT2D eigenvalue weighted by atomic mass is 9.93. The number of hydrogen-bond donors (Lipinski definition) is 1. The summed E-state index contributed by atoms with van der Waals surface area (Å²) in [6.45, 7) is 9.18. The average molecular weight is 260 g/mol. The zero-order valence-electron chi connectivity index (χ0n) is 12.6. The first-order valence-electron chi connectivity index (χ1n) is 7.78. The van der Waals surface area contributed by atoms with Gasteiger partial charge in [-0.25, -0.2) is 0 Å². The van der Waals surface area contributed by atoms with Gasteiger partial charge in [0.15, 0.2) is 0 Å². The van der Waals surface area contributed by atoms with Crippen molar-refractivity contribution in [2.24, 2.45) is 0 Å². The predicted octanol–water partition coefficient (Wildman–Crippen LogP) is 3.60. The summed E-state index contributed by atoms with van der Waals surface area (Å²) >= 11 is 0. The van der Waals surface area contributed by atoms with Gasteiger partial charge in [0.05, 0.1) is 0 Å². The van der Waals surface area contributed by atoms with Crippen molar-refractivity contribution in [1.82, 2.24) is 10.2 Å². The van der Waals surface area contributed by atoms with E-state index in [1.165, 1.54) is 31.4 Å². The molecule has 1 fully saturated rings. The van der Waals surface area contributed by atoms with Gasteiger partial charge in [-0.2, -0.15) is 0 Å². The summed E-state index contributed by atoms with van der Waals surface area (Å²) < 4.78 is 0. The van der Waals surface area contributed by atoms with E-state index in [9.17, 15) is 0 Å². The van der Waals surface area contributed by atoms with Crippen molar-refractivity contribution in [3.05, 3.63) is 35.9 Å². The Kier molecular flexibility index (Phi) is 5.41. The van der Waals surface area contributed by atoms with Crippen LogP contribution >= 0.6 is 0 Å². The second-order valence-electron chi connectivity index (χ2n) is 5.73. The zero-order valence-corrected chi connectivity index (χ0v) is 12.6. The number of piperidine rings is 1. The summed E-state index contributed by atoms with van der Waals surface area (Å²) in [6.07, 6.45) is 4.04. The third-order valence-electron chi connectivity index (χ3n) is 4.47. The lowest BCUT2D eigenvalue weighted by Crippen LogP contribution is -2.51. The monoisotopic (exact) mass is 260 g/mol. The minimum Gasteiger partial charge on any atom is -0.313 e. The zero-order chi connectivity index (χ0) is 13.7. The minimum atomic E-state index is 0.521.